The fraction of sp³-hybridized carbons (Fsp3) is 0.444. The number of hydrogen-bond acceptors (Lipinski definition) is 3. The van der Waals surface area contributed by atoms with Gasteiger partial charge in [0.05, 0.1) is 11.1 Å². The molecule has 0 heterocycles. The lowest BCUT2D eigenvalue weighted by molar-refractivity contribution is -0.116. The predicted octanol–water partition coefficient (Wildman–Crippen LogP) is 4.78. The van der Waals surface area contributed by atoms with Crippen LogP contribution in [0.25, 0.3) is 0 Å². The summed E-state index contributed by atoms with van der Waals surface area (Å²) in [7, 11) is 0. The molecule has 1 aliphatic rings. The second kappa shape index (κ2) is 6.25. The molecule has 0 saturated heterocycles. The molecule has 3 nitrogen and oxygen atoms in total. The normalized spacial score (nSPS) is 20.0. The lowest BCUT2D eigenvalue weighted by Gasteiger charge is -2.25. The first-order valence-corrected chi connectivity index (χ1v) is 7.82. The Morgan fingerprint density at radius 1 is 1.32 bits per heavy atom. The van der Waals surface area contributed by atoms with Gasteiger partial charge in [0.2, 0.25) is 0 Å². The molecule has 22 heavy (non-hydrogen) atoms. The van der Waals surface area contributed by atoms with Gasteiger partial charge in [0.25, 0.3) is 0 Å². The summed E-state index contributed by atoms with van der Waals surface area (Å²) >= 11 is 6.28. The van der Waals surface area contributed by atoms with Gasteiger partial charge in [-0.05, 0) is 50.8 Å². The van der Waals surface area contributed by atoms with Crippen molar-refractivity contribution >= 4 is 23.6 Å². The summed E-state index contributed by atoms with van der Waals surface area (Å²) in [6.45, 7) is 7.82. The standard InChI is InChI=1S/C18H22ClNO2/c1-11-6-5-7-14(19)17(11)12-8-15(21)13(16(22)9-12)10-20-18(2,3)4/h5-7,10,12,21H,8-9H2,1-4H3. The number of halogens is 1. The van der Waals surface area contributed by atoms with Crippen molar-refractivity contribution in [3.8, 4) is 0 Å². The zero-order chi connectivity index (χ0) is 16.5. The van der Waals surface area contributed by atoms with E-state index in [1.165, 1.54) is 6.21 Å². The Labute approximate surface area is 136 Å². The van der Waals surface area contributed by atoms with Crippen LogP contribution in [-0.2, 0) is 4.79 Å². The van der Waals surface area contributed by atoms with Crippen molar-refractivity contribution in [2.45, 2.75) is 52.0 Å². The van der Waals surface area contributed by atoms with Crippen LogP contribution in [0.4, 0.5) is 0 Å². The van der Waals surface area contributed by atoms with Crippen LogP contribution in [-0.4, -0.2) is 22.6 Å². The summed E-state index contributed by atoms with van der Waals surface area (Å²) in [5.41, 5.74) is 2.06. The Balaban J connectivity index is 2.32. The van der Waals surface area contributed by atoms with Crippen molar-refractivity contribution in [1.82, 2.24) is 0 Å². The van der Waals surface area contributed by atoms with Gasteiger partial charge >= 0.3 is 0 Å². The van der Waals surface area contributed by atoms with Crippen molar-refractivity contribution in [3.63, 3.8) is 0 Å². The molecule has 0 saturated carbocycles. The summed E-state index contributed by atoms with van der Waals surface area (Å²) < 4.78 is 0. The number of aliphatic imine (C=N–C) groups is 1. The van der Waals surface area contributed by atoms with Crippen LogP contribution in [0.1, 0.15) is 50.7 Å². The number of hydrogen-bond donors (Lipinski definition) is 1. The molecule has 0 spiro atoms. The van der Waals surface area contributed by atoms with Crippen LogP contribution < -0.4 is 0 Å². The Kier molecular flexibility index (Phi) is 4.76. The molecule has 1 aromatic carbocycles. The second-order valence-corrected chi connectivity index (χ2v) is 7.20. The van der Waals surface area contributed by atoms with Gasteiger partial charge in [-0.2, -0.15) is 0 Å². The summed E-state index contributed by atoms with van der Waals surface area (Å²) in [4.78, 5) is 16.7. The molecule has 118 valence electrons. The molecule has 0 bridgehead atoms. The third-order valence-electron chi connectivity index (χ3n) is 3.74. The van der Waals surface area contributed by atoms with E-state index in [0.29, 0.717) is 23.4 Å². The second-order valence-electron chi connectivity index (χ2n) is 6.79. The van der Waals surface area contributed by atoms with Crippen LogP contribution in [0.5, 0.6) is 0 Å². The fourth-order valence-electron chi connectivity index (χ4n) is 2.68. The quantitative estimate of drug-likeness (QED) is 0.798. The molecule has 1 atom stereocenters. The SMILES string of the molecule is Cc1cccc(Cl)c1C1CC(=O)C(C=NC(C)(C)C)=C(O)C1. The maximum Gasteiger partial charge on any atom is 0.168 e. The Morgan fingerprint density at radius 3 is 2.55 bits per heavy atom. The summed E-state index contributed by atoms with van der Waals surface area (Å²) in [5, 5.41) is 10.9. The maximum atomic E-state index is 12.4. The number of carbonyl (C=O) groups excluding carboxylic acids is 1. The molecule has 1 aromatic rings. The number of allylic oxidation sites excluding steroid dienone is 2. The average molecular weight is 320 g/mol. The van der Waals surface area contributed by atoms with Gasteiger partial charge in [-0.15, -0.1) is 0 Å². The number of Topliss-reactive ketones (excluding diaryl/α,β-unsaturated/α-hetero) is 1. The van der Waals surface area contributed by atoms with Gasteiger partial charge in [-0.1, -0.05) is 23.7 Å². The number of aliphatic hydroxyl groups is 1. The molecule has 0 amide bonds. The average Bonchev–Trinajstić information content (AvgIpc) is 2.36. The third-order valence-corrected chi connectivity index (χ3v) is 4.07. The summed E-state index contributed by atoms with van der Waals surface area (Å²) in [6.07, 6.45) is 2.27. The van der Waals surface area contributed by atoms with E-state index in [9.17, 15) is 9.90 Å². The van der Waals surface area contributed by atoms with Gasteiger partial charge in [-0.25, -0.2) is 0 Å². The number of aliphatic hydroxyl groups excluding tert-OH is 1. The van der Waals surface area contributed by atoms with Crippen molar-refractivity contribution in [3.05, 3.63) is 45.7 Å². The highest BCUT2D eigenvalue weighted by molar-refractivity contribution is 6.31. The van der Waals surface area contributed by atoms with Gasteiger partial charge in [0.15, 0.2) is 5.78 Å². The van der Waals surface area contributed by atoms with Crippen LogP contribution in [0.2, 0.25) is 5.02 Å². The van der Waals surface area contributed by atoms with Crippen LogP contribution >= 0.6 is 11.6 Å². The minimum atomic E-state index is -0.274. The van der Waals surface area contributed by atoms with Gasteiger partial charge in [0.1, 0.15) is 5.76 Å². The minimum absolute atomic E-state index is 0.0759. The number of rotatable bonds is 2. The Morgan fingerprint density at radius 2 is 2.00 bits per heavy atom. The third kappa shape index (κ3) is 3.77. The van der Waals surface area contributed by atoms with Crippen LogP contribution in [0.15, 0.2) is 34.5 Å². The van der Waals surface area contributed by atoms with Crippen molar-refractivity contribution in [2.24, 2.45) is 4.99 Å². The molecule has 0 aliphatic heterocycles. The first kappa shape index (κ1) is 16.8. The number of carbonyl (C=O) groups is 1. The number of aryl methyl sites for hydroxylation is 1. The topological polar surface area (TPSA) is 49.7 Å². The number of benzene rings is 1. The maximum absolute atomic E-state index is 12.4. The van der Waals surface area contributed by atoms with Crippen molar-refractivity contribution in [1.29, 1.82) is 0 Å². The zero-order valence-corrected chi connectivity index (χ0v) is 14.2. The molecule has 4 heteroatoms. The highest BCUT2D eigenvalue weighted by Crippen LogP contribution is 2.38. The first-order chi connectivity index (χ1) is 10.2. The van der Waals surface area contributed by atoms with E-state index in [2.05, 4.69) is 4.99 Å². The van der Waals surface area contributed by atoms with E-state index in [0.717, 1.165) is 11.1 Å². The van der Waals surface area contributed by atoms with E-state index in [4.69, 9.17) is 11.6 Å². The van der Waals surface area contributed by atoms with E-state index in [1.54, 1.807) is 0 Å². The molecule has 1 N–H and O–H groups in total. The molecular weight excluding hydrogens is 298 g/mol. The molecule has 0 aromatic heterocycles. The summed E-state index contributed by atoms with van der Waals surface area (Å²) in [5.74, 6) is -0.0531. The highest BCUT2D eigenvalue weighted by atomic mass is 35.5. The summed E-state index contributed by atoms with van der Waals surface area (Å²) in [6, 6.07) is 5.69. The van der Waals surface area contributed by atoms with Crippen molar-refractivity contribution in [2.75, 3.05) is 0 Å². The van der Waals surface area contributed by atoms with Gasteiger partial charge in [0, 0.05) is 24.1 Å². The minimum Gasteiger partial charge on any atom is -0.511 e. The zero-order valence-electron chi connectivity index (χ0n) is 13.5. The van der Waals surface area contributed by atoms with Crippen LogP contribution in [0, 0.1) is 6.92 Å². The predicted molar refractivity (Wildman–Crippen MR) is 91.1 cm³/mol. The van der Waals surface area contributed by atoms with E-state index >= 15 is 0 Å². The Bertz CT molecular complexity index is 633. The molecule has 2 rings (SSSR count). The van der Waals surface area contributed by atoms with E-state index in [-0.39, 0.29) is 23.0 Å². The molecule has 0 fully saturated rings. The molecule has 1 unspecified atom stereocenters. The monoisotopic (exact) mass is 319 g/mol. The molecule has 0 radical (unpaired) electrons. The smallest absolute Gasteiger partial charge is 0.168 e. The molecular formula is C18H22ClNO2. The first-order valence-electron chi connectivity index (χ1n) is 7.44. The molecule has 1 aliphatic carbocycles. The fourth-order valence-corrected chi connectivity index (χ4v) is 3.06. The number of ketones is 1. The highest BCUT2D eigenvalue weighted by Gasteiger charge is 2.30. The van der Waals surface area contributed by atoms with Gasteiger partial charge < -0.3 is 5.11 Å². The lowest BCUT2D eigenvalue weighted by Crippen LogP contribution is -2.21. The van der Waals surface area contributed by atoms with E-state index < -0.39 is 0 Å². The lowest BCUT2D eigenvalue weighted by atomic mass is 9.81. The van der Waals surface area contributed by atoms with Gasteiger partial charge in [-0.3, -0.25) is 9.79 Å². The van der Waals surface area contributed by atoms with E-state index in [1.807, 2.05) is 45.9 Å². The Hall–Kier alpha value is -1.61. The largest absolute Gasteiger partial charge is 0.511 e. The number of nitrogens with zero attached hydrogens (tertiary/aromatic N) is 1. The van der Waals surface area contributed by atoms with Crippen LogP contribution in [0.3, 0.4) is 0 Å². The van der Waals surface area contributed by atoms with Crippen molar-refractivity contribution < 1.29 is 9.90 Å².